The van der Waals surface area contributed by atoms with E-state index in [9.17, 15) is 4.79 Å². The smallest absolute Gasteiger partial charge is 0.257 e. The Hall–Kier alpha value is -3.44. The van der Waals surface area contributed by atoms with Gasteiger partial charge >= 0.3 is 0 Å². The van der Waals surface area contributed by atoms with E-state index in [-0.39, 0.29) is 5.91 Å². The number of aromatic nitrogens is 1. The number of carbonyl (C=O) groups excluding carboxylic acids is 1. The lowest BCUT2D eigenvalue weighted by Crippen LogP contribution is -2.14. The highest BCUT2D eigenvalue weighted by Gasteiger charge is 2.15. The van der Waals surface area contributed by atoms with Crippen molar-refractivity contribution in [3.05, 3.63) is 101 Å². The van der Waals surface area contributed by atoms with Gasteiger partial charge < -0.3 is 4.74 Å². The number of hydrogen-bond acceptors (Lipinski definition) is 4. The van der Waals surface area contributed by atoms with Crippen LogP contribution in [0.5, 0.6) is 5.75 Å². The zero-order valence-corrected chi connectivity index (χ0v) is 17.5. The van der Waals surface area contributed by atoms with Crippen LogP contribution in [0.1, 0.15) is 21.5 Å². The van der Waals surface area contributed by atoms with E-state index in [1.165, 1.54) is 16.9 Å². The Balaban J connectivity index is 1.49. The van der Waals surface area contributed by atoms with E-state index in [0.29, 0.717) is 10.7 Å². The topological polar surface area (TPSA) is 51.2 Å². The van der Waals surface area contributed by atoms with Crippen LogP contribution in [0.15, 0.2) is 84.2 Å². The van der Waals surface area contributed by atoms with E-state index >= 15 is 0 Å². The first-order valence-electron chi connectivity index (χ1n) is 9.76. The highest BCUT2D eigenvalue weighted by Crippen LogP contribution is 2.32. The Morgan fingerprint density at radius 3 is 2.50 bits per heavy atom. The number of hydrogen-bond donors (Lipinski definition) is 1. The van der Waals surface area contributed by atoms with Crippen molar-refractivity contribution in [2.75, 3.05) is 12.4 Å². The van der Waals surface area contributed by atoms with Crippen LogP contribution in [0, 0.1) is 0 Å². The second-order valence-electron chi connectivity index (χ2n) is 6.84. The Kier molecular flexibility index (Phi) is 6.20. The molecular formula is C25H22N2O2S. The summed E-state index contributed by atoms with van der Waals surface area (Å²) in [4.78, 5) is 17.5. The second-order valence-corrected chi connectivity index (χ2v) is 7.69. The Labute approximate surface area is 180 Å². The SMILES string of the molecule is COc1ccccc1-c1csc(NC(=O)c2ccccc2CCc2ccccc2)n1. The minimum absolute atomic E-state index is 0.139. The number of nitrogens with one attached hydrogen (secondary N) is 1. The van der Waals surface area contributed by atoms with Crippen LogP contribution in [-0.2, 0) is 12.8 Å². The lowest BCUT2D eigenvalue weighted by atomic mass is 9.99. The fourth-order valence-electron chi connectivity index (χ4n) is 3.36. The normalized spacial score (nSPS) is 10.6. The van der Waals surface area contributed by atoms with Crippen molar-refractivity contribution in [2.45, 2.75) is 12.8 Å². The number of ether oxygens (including phenoxy) is 1. The van der Waals surface area contributed by atoms with Gasteiger partial charge in [-0.2, -0.15) is 0 Å². The summed E-state index contributed by atoms with van der Waals surface area (Å²) >= 11 is 1.40. The molecule has 1 heterocycles. The number of thiazole rings is 1. The van der Waals surface area contributed by atoms with Gasteiger partial charge in [0.2, 0.25) is 0 Å². The summed E-state index contributed by atoms with van der Waals surface area (Å²) in [6, 6.07) is 25.8. The fraction of sp³-hybridized carbons (Fsp3) is 0.120. The first-order valence-corrected chi connectivity index (χ1v) is 10.6. The second kappa shape index (κ2) is 9.37. The number of aryl methyl sites for hydroxylation is 2. The first kappa shape index (κ1) is 19.9. The third-order valence-corrected chi connectivity index (χ3v) is 5.65. The van der Waals surface area contributed by atoms with E-state index in [1.807, 2.05) is 72.1 Å². The number of carbonyl (C=O) groups is 1. The van der Waals surface area contributed by atoms with Crippen LogP contribution in [0.3, 0.4) is 0 Å². The molecule has 1 N–H and O–H groups in total. The number of methoxy groups -OCH3 is 1. The van der Waals surface area contributed by atoms with Gasteiger partial charge in [-0.3, -0.25) is 10.1 Å². The third-order valence-electron chi connectivity index (χ3n) is 4.90. The van der Waals surface area contributed by atoms with Gasteiger partial charge in [0, 0.05) is 16.5 Å². The van der Waals surface area contributed by atoms with E-state index < -0.39 is 0 Å². The zero-order valence-electron chi connectivity index (χ0n) is 16.7. The maximum atomic E-state index is 12.9. The monoisotopic (exact) mass is 414 g/mol. The number of benzene rings is 3. The molecule has 3 aromatic carbocycles. The van der Waals surface area contributed by atoms with Crippen molar-refractivity contribution in [1.29, 1.82) is 0 Å². The van der Waals surface area contributed by atoms with E-state index in [2.05, 4.69) is 22.4 Å². The molecule has 4 rings (SSSR count). The molecule has 0 aliphatic carbocycles. The Morgan fingerprint density at radius 1 is 0.933 bits per heavy atom. The molecule has 0 bridgehead atoms. The predicted octanol–water partition coefficient (Wildman–Crippen LogP) is 5.86. The van der Waals surface area contributed by atoms with Gasteiger partial charge in [0.05, 0.1) is 12.8 Å². The predicted molar refractivity (Wildman–Crippen MR) is 122 cm³/mol. The highest BCUT2D eigenvalue weighted by atomic mass is 32.1. The van der Waals surface area contributed by atoms with Crippen molar-refractivity contribution >= 4 is 22.4 Å². The lowest BCUT2D eigenvalue weighted by Gasteiger charge is -2.09. The molecular weight excluding hydrogens is 392 g/mol. The number of nitrogens with zero attached hydrogens (tertiary/aromatic N) is 1. The molecule has 0 unspecified atom stereocenters. The molecule has 0 radical (unpaired) electrons. The quantitative estimate of drug-likeness (QED) is 0.412. The lowest BCUT2D eigenvalue weighted by molar-refractivity contribution is 0.102. The average Bonchev–Trinajstić information content (AvgIpc) is 3.26. The molecule has 150 valence electrons. The van der Waals surface area contributed by atoms with Crippen LogP contribution < -0.4 is 10.1 Å². The van der Waals surface area contributed by atoms with Crippen LogP contribution >= 0.6 is 11.3 Å². The molecule has 1 amide bonds. The molecule has 30 heavy (non-hydrogen) atoms. The first-order chi connectivity index (χ1) is 14.7. The minimum Gasteiger partial charge on any atom is -0.496 e. The van der Waals surface area contributed by atoms with Gasteiger partial charge in [-0.25, -0.2) is 4.98 Å². The van der Waals surface area contributed by atoms with Crippen molar-refractivity contribution in [3.8, 4) is 17.0 Å². The largest absolute Gasteiger partial charge is 0.496 e. The van der Waals surface area contributed by atoms with Crippen LogP contribution in [0.25, 0.3) is 11.3 Å². The summed E-state index contributed by atoms with van der Waals surface area (Å²) in [6.45, 7) is 0. The summed E-state index contributed by atoms with van der Waals surface area (Å²) < 4.78 is 5.42. The molecule has 5 heteroatoms. The van der Waals surface area contributed by atoms with Gasteiger partial charge in [-0.1, -0.05) is 60.7 Å². The fourth-order valence-corrected chi connectivity index (χ4v) is 4.06. The molecule has 1 aromatic heterocycles. The average molecular weight is 415 g/mol. The van der Waals surface area contributed by atoms with Gasteiger partial charge in [0.25, 0.3) is 5.91 Å². The summed E-state index contributed by atoms with van der Waals surface area (Å²) in [7, 11) is 1.64. The van der Waals surface area contributed by atoms with E-state index in [1.54, 1.807) is 7.11 Å². The summed E-state index contributed by atoms with van der Waals surface area (Å²) in [6.07, 6.45) is 1.69. The Morgan fingerprint density at radius 2 is 1.67 bits per heavy atom. The van der Waals surface area contributed by atoms with Crippen LogP contribution in [-0.4, -0.2) is 18.0 Å². The minimum atomic E-state index is -0.139. The maximum Gasteiger partial charge on any atom is 0.257 e. The van der Waals surface area contributed by atoms with Crippen molar-refractivity contribution < 1.29 is 9.53 Å². The number of para-hydroxylation sites is 1. The molecule has 0 saturated carbocycles. The van der Waals surface area contributed by atoms with E-state index in [0.717, 1.165) is 35.4 Å². The van der Waals surface area contributed by atoms with Gasteiger partial charge in [-0.05, 0) is 42.2 Å². The van der Waals surface area contributed by atoms with Crippen molar-refractivity contribution in [1.82, 2.24) is 4.98 Å². The van der Waals surface area contributed by atoms with E-state index in [4.69, 9.17) is 4.74 Å². The van der Waals surface area contributed by atoms with Crippen LogP contribution in [0.4, 0.5) is 5.13 Å². The number of rotatable bonds is 7. The number of anilines is 1. The van der Waals surface area contributed by atoms with Gasteiger partial charge in [0.1, 0.15) is 5.75 Å². The number of amides is 1. The molecule has 4 nitrogen and oxygen atoms in total. The Bertz CT molecular complexity index is 1140. The molecule has 0 saturated heterocycles. The van der Waals surface area contributed by atoms with Crippen LogP contribution in [0.2, 0.25) is 0 Å². The van der Waals surface area contributed by atoms with Gasteiger partial charge in [-0.15, -0.1) is 11.3 Å². The molecule has 4 aromatic rings. The summed E-state index contributed by atoms with van der Waals surface area (Å²) in [5, 5.41) is 5.45. The summed E-state index contributed by atoms with van der Waals surface area (Å²) in [5.41, 5.74) is 4.65. The molecule has 0 spiro atoms. The van der Waals surface area contributed by atoms with Gasteiger partial charge in [0.15, 0.2) is 5.13 Å². The maximum absolute atomic E-state index is 12.9. The molecule has 0 atom stereocenters. The van der Waals surface area contributed by atoms with Crippen molar-refractivity contribution in [3.63, 3.8) is 0 Å². The molecule has 0 fully saturated rings. The molecule has 0 aliphatic rings. The highest BCUT2D eigenvalue weighted by molar-refractivity contribution is 7.14. The molecule has 0 aliphatic heterocycles. The third kappa shape index (κ3) is 4.58. The van der Waals surface area contributed by atoms with Crippen molar-refractivity contribution in [2.24, 2.45) is 0 Å². The zero-order chi connectivity index (χ0) is 20.8. The standard InChI is InChI=1S/C25H22N2O2S/c1-29-23-14-8-7-13-21(23)22-17-30-25(26-22)27-24(28)20-12-6-5-11-19(20)16-15-18-9-3-2-4-10-18/h2-14,17H,15-16H2,1H3,(H,26,27,28). The summed E-state index contributed by atoms with van der Waals surface area (Å²) in [5.74, 6) is 0.617.